The Morgan fingerprint density at radius 2 is 1.68 bits per heavy atom. The zero-order valence-electron chi connectivity index (χ0n) is 13.4. The molecule has 0 fully saturated rings. The fraction of sp³-hybridized carbons (Fsp3) is 0.667. The van der Waals surface area contributed by atoms with Crippen molar-refractivity contribution in [2.45, 2.75) is 65.8 Å². The van der Waals surface area contributed by atoms with E-state index < -0.39 is 0 Å². The van der Waals surface area contributed by atoms with E-state index in [1.807, 2.05) is 0 Å². The smallest absolute Gasteiger partial charge is 0.0320 e. The van der Waals surface area contributed by atoms with Crippen LogP contribution in [-0.2, 0) is 0 Å². The van der Waals surface area contributed by atoms with Gasteiger partial charge in [-0.1, -0.05) is 68.9 Å². The lowest BCUT2D eigenvalue weighted by molar-refractivity contribution is 0.365. The molecule has 0 spiro atoms. The van der Waals surface area contributed by atoms with Gasteiger partial charge in [-0.05, 0) is 38.8 Å². The van der Waals surface area contributed by atoms with Crippen LogP contribution in [0.25, 0.3) is 0 Å². The zero-order chi connectivity index (χ0) is 14.3. The van der Waals surface area contributed by atoms with E-state index in [-0.39, 0.29) is 0 Å². The van der Waals surface area contributed by atoms with Gasteiger partial charge < -0.3 is 5.32 Å². The summed E-state index contributed by atoms with van der Waals surface area (Å²) < 4.78 is 0. The highest BCUT2D eigenvalue weighted by atomic mass is 14.9. The van der Waals surface area contributed by atoms with Gasteiger partial charge >= 0.3 is 0 Å². The molecule has 0 amide bonds. The predicted octanol–water partition coefficient (Wildman–Crippen LogP) is 5.17. The van der Waals surface area contributed by atoms with Crippen molar-refractivity contribution in [1.82, 2.24) is 5.32 Å². The van der Waals surface area contributed by atoms with Crippen LogP contribution < -0.4 is 5.32 Å². The summed E-state index contributed by atoms with van der Waals surface area (Å²) in [5, 5.41) is 3.51. The number of hydrogen-bond acceptors (Lipinski definition) is 1. The van der Waals surface area contributed by atoms with E-state index in [2.05, 4.69) is 58.3 Å². The van der Waals surface area contributed by atoms with Crippen LogP contribution in [0.2, 0.25) is 0 Å². The van der Waals surface area contributed by atoms with Crippen molar-refractivity contribution in [3.8, 4) is 0 Å². The second kappa shape index (κ2) is 8.37. The number of unbranched alkanes of at least 4 members (excludes halogenated alkanes) is 1. The van der Waals surface area contributed by atoms with E-state index in [9.17, 15) is 0 Å². The van der Waals surface area contributed by atoms with E-state index in [0.29, 0.717) is 6.04 Å². The summed E-state index contributed by atoms with van der Waals surface area (Å²) in [7, 11) is 2.09. The lowest BCUT2D eigenvalue weighted by Gasteiger charge is -2.23. The Kier molecular flexibility index (Phi) is 7.15. The lowest BCUT2D eigenvalue weighted by atomic mass is 9.88. The molecule has 0 aliphatic heterocycles. The van der Waals surface area contributed by atoms with Crippen LogP contribution in [0.15, 0.2) is 18.2 Å². The van der Waals surface area contributed by atoms with Crippen molar-refractivity contribution in [3.05, 3.63) is 34.9 Å². The van der Waals surface area contributed by atoms with Gasteiger partial charge in [-0.2, -0.15) is 0 Å². The quantitative estimate of drug-likeness (QED) is 0.680. The minimum Gasteiger partial charge on any atom is -0.313 e. The fourth-order valence-electron chi connectivity index (χ4n) is 2.95. The molecular weight excluding hydrogens is 230 g/mol. The summed E-state index contributed by atoms with van der Waals surface area (Å²) >= 11 is 0. The first kappa shape index (κ1) is 16.2. The first-order valence-electron chi connectivity index (χ1n) is 7.86. The molecule has 0 heterocycles. The van der Waals surface area contributed by atoms with Gasteiger partial charge in [-0.3, -0.25) is 0 Å². The summed E-state index contributed by atoms with van der Waals surface area (Å²) in [6.07, 6.45) is 6.60. The maximum atomic E-state index is 3.51. The molecule has 0 saturated heterocycles. The van der Waals surface area contributed by atoms with Gasteiger partial charge in [0.25, 0.3) is 0 Å². The minimum absolute atomic E-state index is 0.500. The van der Waals surface area contributed by atoms with Gasteiger partial charge in [-0.25, -0.2) is 0 Å². The molecule has 1 aromatic rings. The molecule has 1 heteroatoms. The largest absolute Gasteiger partial charge is 0.313 e. The Labute approximate surface area is 119 Å². The van der Waals surface area contributed by atoms with E-state index in [4.69, 9.17) is 0 Å². The third-order valence-corrected chi connectivity index (χ3v) is 4.11. The van der Waals surface area contributed by atoms with Crippen LogP contribution in [0, 0.1) is 19.8 Å². The number of nitrogens with one attached hydrogen (secondary N) is 1. The first-order valence-corrected chi connectivity index (χ1v) is 7.86. The van der Waals surface area contributed by atoms with Crippen LogP contribution in [0.1, 0.15) is 68.7 Å². The molecule has 19 heavy (non-hydrogen) atoms. The molecule has 0 saturated carbocycles. The average molecular weight is 261 g/mol. The highest BCUT2D eigenvalue weighted by Crippen LogP contribution is 2.27. The van der Waals surface area contributed by atoms with Gasteiger partial charge in [0, 0.05) is 6.04 Å². The van der Waals surface area contributed by atoms with Crippen LogP contribution in [-0.4, -0.2) is 7.05 Å². The number of hydrogen-bond donors (Lipinski definition) is 1. The zero-order valence-corrected chi connectivity index (χ0v) is 13.4. The van der Waals surface area contributed by atoms with Crippen molar-refractivity contribution in [2.24, 2.45) is 5.92 Å². The van der Waals surface area contributed by atoms with Crippen LogP contribution in [0.4, 0.5) is 0 Å². The summed E-state index contributed by atoms with van der Waals surface area (Å²) in [5.41, 5.74) is 4.20. The summed E-state index contributed by atoms with van der Waals surface area (Å²) in [6, 6.07) is 7.42. The molecule has 108 valence electrons. The molecule has 0 radical (unpaired) electrons. The predicted molar refractivity (Wildman–Crippen MR) is 85.6 cm³/mol. The molecule has 2 atom stereocenters. The van der Waals surface area contributed by atoms with Gasteiger partial charge in [0.05, 0.1) is 0 Å². The van der Waals surface area contributed by atoms with Gasteiger partial charge in [0.1, 0.15) is 0 Å². The summed E-state index contributed by atoms with van der Waals surface area (Å²) in [4.78, 5) is 0. The Hall–Kier alpha value is -0.820. The highest BCUT2D eigenvalue weighted by Gasteiger charge is 2.15. The maximum absolute atomic E-state index is 3.51. The second-order valence-corrected chi connectivity index (χ2v) is 5.91. The molecule has 0 aliphatic carbocycles. The Balaban J connectivity index is 2.75. The third-order valence-electron chi connectivity index (χ3n) is 4.11. The SMILES string of the molecule is CCCCC(CC)CC(NC)c1cc(C)cc(C)c1. The van der Waals surface area contributed by atoms with Crippen LogP contribution in [0.3, 0.4) is 0 Å². The number of benzene rings is 1. The van der Waals surface area contributed by atoms with Crippen molar-refractivity contribution in [3.63, 3.8) is 0 Å². The lowest BCUT2D eigenvalue weighted by Crippen LogP contribution is -2.20. The molecule has 1 aromatic carbocycles. The van der Waals surface area contributed by atoms with Crippen LogP contribution >= 0.6 is 0 Å². The van der Waals surface area contributed by atoms with Crippen molar-refractivity contribution in [1.29, 1.82) is 0 Å². The monoisotopic (exact) mass is 261 g/mol. The molecule has 1 rings (SSSR count). The van der Waals surface area contributed by atoms with Gasteiger partial charge in [0.2, 0.25) is 0 Å². The Bertz CT molecular complexity index is 350. The average Bonchev–Trinajstić information content (AvgIpc) is 2.38. The van der Waals surface area contributed by atoms with E-state index in [1.54, 1.807) is 0 Å². The standard InChI is InChI=1S/C18H31N/c1-6-8-9-16(7-2)13-18(19-5)17-11-14(3)10-15(4)12-17/h10-12,16,18-19H,6-9,13H2,1-5H3. The molecular formula is C18H31N. The summed E-state index contributed by atoms with van der Waals surface area (Å²) in [6.45, 7) is 9.00. The third kappa shape index (κ3) is 5.36. The van der Waals surface area contributed by atoms with Crippen molar-refractivity contribution in [2.75, 3.05) is 7.05 Å². The Morgan fingerprint density at radius 3 is 2.16 bits per heavy atom. The first-order chi connectivity index (χ1) is 9.10. The molecule has 0 bridgehead atoms. The maximum Gasteiger partial charge on any atom is 0.0320 e. The van der Waals surface area contributed by atoms with Gasteiger partial charge in [-0.15, -0.1) is 0 Å². The molecule has 1 nitrogen and oxygen atoms in total. The fourth-order valence-corrected chi connectivity index (χ4v) is 2.95. The molecule has 1 N–H and O–H groups in total. The molecule has 0 aromatic heterocycles. The highest BCUT2D eigenvalue weighted by molar-refractivity contribution is 5.30. The van der Waals surface area contributed by atoms with Crippen molar-refractivity contribution < 1.29 is 0 Å². The van der Waals surface area contributed by atoms with Gasteiger partial charge in [0.15, 0.2) is 0 Å². The number of aryl methyl sites for hydroxylation is 2. The minimum atomic E-state index is 0.500. The van der Waals surface area contributed by atoms with E-state index in [1.165, 1.54) is 48.8 Å². The summed E-state index contributed by atoms with van der Waals surface area (Å²) in [5.74, 6) is 0.846. The Morgan fingerprint density at radius 1 is 1.05 bits per heavy atom. The molecule has 2 unspecified atom stereocenters. The van der Waals surface area contributed by atoms with Crippen molar-refractivity contribution >= 4 is 0 Å². The van der Waals surface area contributed by atoms with Crippen LogP contribution in [0.5, 0.6) is 0 Å². The van der Waals surface area contributed by atoms with E-state index in [0.717, 1.165) is 5.92 Å². The topological polar surface area (TPSA) is 12.0 Å². The second-order valence-electron chi connectivity index (χ2n) is 5.91. The molecule has 0 aliphatic rings. The number of rotatable bonds is 8. The normalized spacial score (nSPS) is 14.4. The van der Waals surface area contributed by atoms with E-state index >= 15 is 0 Å².